The highest BCUT2D eigenvalue weighted by molar-refractivity contribution is 5.76. The van der Waals surface area contributed by atoms with E-state index in [0.29, 0.717) is 35.3 Å². The van der Waals surface area contributed by atoms with Gasteiger partial charge in [-0.05, 0) is 116 Å². The lowest BCUT2D eigenvalue weighted by atomic mass is 9.52. The predicted molar refractivity (Wildman–Crippen MR) is 159 cm³/mol. The molecule has 0 unspecified atom stereocenters. The minimum Gasteiger partial charge on any atom is -0.508 e. The topological polar surface area (TPSA) is 60.8 Å². The van der Waals surface area contributed by atoms with Gasteiger partial charge >= 0.3 is 0 Å². The Labute approximate surface area is 238 Å². The summed E-state index contributed by atoms with van der Waals surface area (Å²) in [5.41, 5.74) is 2.98. The predicted octanol–water partition coefficient (Wildman–Crippen LogP) is 7.99. The Balaban J connectivity index is 1.02. The van der Waals surface area contributed by atoms with Crippen LogP contribution in [-0.2, 0) is 11.2 Å². The van der Waals surface area contributed by atoms with E-state index in [1.165, 1.54) is 88.2 Å². The largest absolute Gasteiger partial charge is 0.508 e. The first-order valence-electron chi connectivity index (χ1n) is 16.6. The molecule has 1 heterocycles. The van der Waals surface area contributed by atoms with Crippen LogP contribution >= 0.6 is 0 Å². The fourth-order valence-electron chi connectivity index (χ4n) is 9.19. The number of carbonyl (C=O) groups excluding carboxylic acids is 1. The molecular weight excluding hydrogens is 482 g/mol. The number of unbranched alkanes of at least 4 members (excludes halogenated alkanes) is 7. The van der Waals surface area contributed by atoms with Gasteiger partial charge in [-0.15, -0.1) is 0 Å². The molecule has 0 spiro atoms. The molecular formula is C35H55NO3. The molecule has 1 saturated heterocycles. The lowest BCUT2D eigenvalue weighted by molar-refractivity contribution is -0.132. The van der Waals surface area contributed by atoms with E-state index < -0.39 is 0 Å². The van der Waals surface area contributed by atoms with Gasteiger partial charge in [0, 0.05) is 19.5 Å². The SMILES string of the molecule is CC1CCN(C(=O)CCCCCCCCCC[C@@H]2Cc3cc(O)ccc3[C@H]3CC[C@]4(C)[C@@H](O)CC[C@H]4[C@H]23)CC1. The van der Waals surface area contributed by atoms with Crippen molar-refractivity contribution in [2.45, 2.75) is 135 Å². The molecule has 0 radical (unpaired) electrons. The van der Waals surface area contributed by atoms with Crippen molar-refractivity contribution >= 4 is 5.91 Å². The fourth-order valence-corrected chi connectivity index (χ4v) is 9.19. The van der Waals surface area contributed by atoms with Crippen LogP contribution < -0.4 is 0 Å². The molecule has 4 nitrogen and oxygen atoms in total. The number of rotatable bonds is 11. The molecule has 0 aromatic heterocycles. The van der Waals surface area contributed by atoms with Crippen molar-refractivity contribution in [1.82, 2.24) is 4.90 Å². The Morgan fingerprint density at radius 1 is 0.949 bits per heavy atom. The standard InChI is InChI=1S/C35H55NO3/c1-25-18-21-36(22-19-25)33(39)12-10-8-6-4-3-5-7-9-11-26-23-27-24-28(37)13-14-29(27)30-17-20-35(2)31(34(26)30)15-16-32(35)38/h13-14,24-26,30-32,34,37-38H,3-12,15-23H2,1-2H3/t26-,30-,31+,32+,34-,35+/m1/s1. The van der Waals surface area contributed by atoms with E-state index in [0.717, 1.165) is 51.1 Å². The molecule has 39 heavy (non-hydrogen) atoms. The summed E-state index contributed by atoms with van der Waals surface area (Å²) in [6.07, 6.45) is 19.9. The fraction of sp³-hybridized carbons (Fsp3) is 0.800. The molecule has 0 bridgehead atoms. The number of phenolic OH excluding ortho intramolecular Hbond substituents is 1. The Hall–Kier alpha value is -1.55. The molecule has 4 aliphatic rings. The van der Waals surface area contributed by atoms with Crippen molar-refractivity contribution in [3.8, 4) is 5.75 Å². The molecule has 1 aromatic carbocycles. The third-order valence-corrected chi connectivity index (χ3v) is 11.7. The number of aromatic hydroxyl groups is 1. The van der Waals surface area contributed by atoms with Crippen LogP contribution in [0, 0.1) is 29.1 Å². The molecule has 3 fully saturated rings. The number of likely N-dealkylation sites (tertiary alicyclic amines) is 1. The average Bonchev–Trinajstić information content (AvgIpc) is 3.23. The lowest BCUT2D eigenvalue weighted by Gasteiger charge is -2.53. The first-order valence-corrected chi connectivity index (χ1v) is 16.6. The molecule has 1 aromatic rings. The molecule has 1 amide bonds. The number of fused-ring (bicyclic) bond motifs is 5. The summed E-state index contributed by atoms with van der Waals surface area (Å²) >= 11 is 0. The number of hydrogen-bond acceptors (Lipinski definition) is 3. The minimum atomic E-state index is -0.128. The zero-order chi connectivity index (χ0) is 27.4. The van der Waals surface area contributed by atoms with Crippen molar-refractivity contribution in [3.63, 3.8) is 0 Å². The molecule has 6 atom stereocenters. The number of aliphatic hydroxyl groups excluding tert-OH is 1. The van der Waals surface area contributed by atoms with Crippen LogP contribution in [0.5, 0.6) is 5.75 Å². The van der Waals surface area contributed by atoms with E-state index in [1.807, 2.05) is 12.1 Å². The molecule has 3 aliphatic carbocycles. The zero-order valence-corrected chi connectivity index (χ0v) is 24.9. The number of aliphatic hydroxyl groups is 1. The Morgan fingerprint density at radius 3 is 2.38 bits per heavy atom. The quantitative estimate of drug-likeness (QED) is 0.281. The molecule has 5 rings (SSSR count). The van der Waals surface area contributed by atoms with E-state index in [-0.39, 0.29) is 11.5 Å². The number of nitrogens with zero attached hydrogens (tertiary/aromatic N) is 1. The Bertz CT molecular complexity index is 953. The van der Waals surface area contributed by atoms with Crippen molar-refractivity contribution in [1.29, 1.82) is 0 Å². The van der Waals surface area contributed by atoms with E-state index in [9.17, 15) is 15.0 Å². The maximum atomic E-state index is 12.4. The first-order chi connectivity index (χ1) is 18.9. The van der Waals surface area contributed by atoms with Crippen molar-refractivity contribution in [3.05, 3.63) is 29.3 Å². The van der Waals surface area contributed by atoms with Gasteiger partial charge in [0.05, 0.1) is 6.10 Å². The summed E-state index contributed by atoms with van der Waals surface area (Å²) in [6, 6.07) is 6.13. The maximum absolute atomic E-state index is 12.4. The third kappa shape index (κ3) is 6.52. The second-order valence-corrected chi connectivity index (χ2v) is 14.2. The normalized spacial score (nSPS) is 32.5. The van der Waals surface area contributed by atoms with Gasteiger partial charge in [0.25, 0.3) is 0 Å². The highest BCUT2D eigenvalue weighted by Gasteiger charge is 2.56. The zero-order valence-electron chi connectivity index (χ0n) is 24.9. The number of amides is 1. The van der Waals surface area contributed by atoms with Gasteiger partial charge in [-0.3, -0.25) is 4.79 Å². The summed E-state index contributed by atoms with van der Waals surface area (Å²) in [7, 11) is 0. The molecule has 2 saturated carbocycles. The third-order valence-electron chi connectivity index (χ3n) is 11.7. The molecule has 1 aliphatic heterocycles. The second kappa shape index (κ2) is 13.0. The average molecular weight is 538 g/mol. The van der Waals surface area contributed by atoms with Crippen molar-refractivity contribution in [2.75, 3.05) is 13.1 Å². The number of hydrogen-bond donors (Lipinski definition) is 2. The highest BCUT2D eigenvalue weighted by atomic mass is 16.3. The minimum absolute atomic E-state index is 0.102. The van der Waals surface area contributed by atoms with Crippen molar-refractivity contribution < 1.29 is 15.0 Å². The van der Waals surface area contributed by atoms with Crippen LogP contribution in [0.4, 0.5) is 0 Å². The summed E-state index contributed by atoms with van der Waals surface area (Å²) in [6.45, 7) is 6.61. The lowest BCUT2D eigenvalue weighted by Crippen LogP contribution is -2.47. The smallest absolute Gasteiger partial charge is 0.222 e. The summed E-state index contributed by atoms with van der Waals surface area (Å²) in [5, 5.41) is 21.1. The number of benzene rings is 1. The molecule has 218 valence electrons. The number of phenols is 1. The van der Waals surface area contributed by atoms with Crippen LogP contribution in [0.15, 0.2) is 18.2 Å². The van der Waals surface area contributed by atoms with Crippen LogP contribution in [0.25, 0.3) is 0 Å². The van der Waals surface area contributed by atoms with Gasteiger partial charge in [-0.2, -0.15) is 0 Å². The molecule has 2 N–H and O–H groups in total. The van der Waals surface area contributed by atoms with Crippen LogP contribution in [0.1, 0.15) is 134 Å². The van der Waals surface area contributed by atoms with E-state index in [4.69, 9.17) is 0 Å². The maximum Gasteiger partial charge on any atom is 0.222 e. The Kier molecular flexibility index (Phi) is 9.62. The van der Waals surface area contributed by atoms with Crippen LogP contribution in [0.2, 0.25) is 0 Å². The van der Waals surface area contributed by atoms with E-state index >= 15 is 0 Å². The first kappa shape index (κ1) is 29.0. The van der Waals surface area contributed by atoms with Crippen LogP contribution in [-0.4, -0.2) is 40.2 Å². The van der Waals surface area contributed by atoms with Crippen molar-refractivity contribution in [2.24, 2.45) is 29.1 Å². The van der Waals surface area contributed by atoms with Crippen LogP contribution in [0.3, 0.4) is 0 Å². The summed E-state index contributed by atoms with van der Waals surface area (Å²) in [4.78, 5) is 14.5. The second-order valence-electron chi connectivity index (χ2n) is 14.2. The van der Waals surface area contributed by atoms with E-state index in [1.54, 1.807) is 0 Å². The van der Waals surface area contributed by atoms with Gasteiger partial charge in [0.2, 0.25) is 5.91 Å². The van der Waals surface area contributed by atoms with E-state index in [2.05, 4.69) is 24.8 Å². The Morgan fingerprint density at radius 2 is 1.64 bits per heavy atom. The molecule has 4 heteroatoms. The van der Waals surface area contributed by atoms with Gasteiger partial charge in [0.15, 0.2) is 0 Å². The van der Waals surface area contributed by atoms with Gasteiger partial charge in [-0.1, -0.05) is 64.9 Å². The highest BCUT2D eigenvalue weighted by Crippen LogP contribution is 2.62. The summed E-state index contributed by atoms with van der Waals surface area (Å²) in [5.74, 6) is 4.19. The number of carbonyl (C=O) groups is 1. The monoisotopic (exact) mass is 537 g/mol. The van der Waals surface area contributed by atoms with Gasteiger partial charge < -0.3 is 15.1 Å². The number of piperidine rings is 1. The van der Waals surface area contributed by atoms with Gasteiger partial charge in [-0.25, -0.2) is 0 Å². The van der Waals surface area contributed by atoms with Gasteiger partial charge in [0.1, 0.15) is 5.75 Å². The summed E-state index contributed by atoms with van der Waals surface area (Å²) < 4.78 is 0.